The summed E-state index contributed by atoms with van der Waals surface area (Å²) in [5.41, 5.74) is 6.27. The van der Waals surface area contributed by atoms with Crippen molar-refractivity contribution in [1.29, 1.82) is 0 Å². The minimum atomic E-state index is -1.03. The summed E-state index contributed by atoms with van der Waals surface area (Å²) in [7, 11) is 0. The number of aromatic nitrogens is 1. The van der Waals surface area contributed by atoms with E-state index >= 15 is 0 Å². The highest BCUT2D eigenvalue weighted by Crippen LogP contribution is 2.36. The maximum atomic E-state index is 14.4. The second-order valence-corrected chi connectivity index (χ2v) is 7.05. The van der Waals surface area contributed by atoms with Gasteiger partial charge in [-0.25, -0.2) is 9.37 Å². The van der Waals surface area contributed by atoms with Crippen molar-refractivity contribution < 1.29 is 27.7 Å². The van der Waals surface area contributed by atoms with Crippen molar-refractivity contribution >= 4 is 28.9 Å². The monoisotopic (exact) mass is 465 g/mol. The zero-order chi connectivity index (χ0) is 20.5. The zero-order valence-corrected chi connectivity index (χ0v) is 18.1. The van der Waals surface area contributed by atoms with E-state index in [0.717, 1.165) is 24.3 Å². The summed E-state index contributed by atoms with van der Waals surface area (Å²) in [6.07, 6.45) is 0. The van der Waals surface area contributed by atoms with Crippen molar-refractivity contribution in [2.45, 2.75) is 0 Å². The topological polar surface area (TPSA) is 79.1 Å². The standard InChI is InChI=1S/C19H25F2N3O4S.ClH/c20-15-2-1-14(16-13-29-19(23-16)24-4-7-26-8-5-24)18(17(15)21)28-12-11-27-10-9-25-6-3-22;/h1-2,13H,3-12,22H2;1H. The summed E-state index contributed by atoms with van der Waals surface area (Å²) in [6, 6.07) is 2.56. The number of anilines is 1. The first kappa shape index (κ1) is 24.7. The summed E-state index contributed by atoms with van der Waals surface area (Å²) in [6.45, 7) is 4.80. The normalized spacial score (nSPS) is 13.9. The predicted molar refractivity (Wildman–Crippen MR) is 114 cm³/mol. The van der Waals surface area contributed by atoms with Crippen LogP contribution in [0, 0.1) is 11.6 Å². The number of nitrogens with zero attached hydrogens (tertiary/aromatic N) is 2. The van der Waals surface area contributed by atoms with Gasteiger partial charge in [-0.05, 0) is 12.1 Å². The molecular formula is C19H26ClF2N3O4S. The molecule has 0 spiro atoms. The van der Waals surface area contributed by atoms with Crippen molar-refractivity contribution in [3.8, 4) is 17.0 Å². The van der Waals surface area contributed by atoms with E-state index in [-0.39, 0.29) is 31.4 Å². The first-order valence-electron chi connectivity index (χ1n) is 9.45. The molecule has 0 atom stereocenters. The third kappa shape index (κ3) is 6.73. The molecule has 11 heteroatoms. The molecule has 0 saturated carbocycles. The van der Waals surface area contributed by atoms with Gasteiger partial charge < -0.3 is 29.6 Å². The fourth-order valence-corrected chi connectivity index (χ4v) is 3.65. The molecule has 0 bridgehead atoms. The van der Waals surface area contributed by atoms with Crippen LogP contribution in [0.1, 0.15) is 0 Å². The van der Waals surface area contributed by atoms with Crippen LogP contribution in [0.15, 0.2) is 17.5 Å². The predicted octanol–water partition coefficient (Wildman–Crippen LogP) is 2.72. The maximum absolute atomic E-state index is 14.4. The number of benzene rings is 1. The number of morpholine rings is 1. The van der Waals surface area contributed by atoms with Crippen LogP contribution in [0.5, 0.6) is 5.75 Å². The molecule has 1 aliphatic rings. The molecule has 0 unspecified atom stereocenters. The zero-order valence-electron chi connectivity index (χ0n) is 16.5. The molecule has 30 heavy (non-hydrogen) atoms. The van der Waals surface area contributed by atoms with Crippen molar-refractivity contribution in [2.75, 3.05) is 70.8 Å². The molecule has 1 fully saturated rings. The highest BCUT2D eigenvalue weighted by molar-refractivity contribution is 7.14. The van der Waals surface area contributed by atoms with Crippen LogP contribution in [0.25, 0.3) is 11.3 Å². The lowest BCUT2D eigenvalue weighted by Gasteiger charge is -2.26. The number of hydrogen-bond donors (Lipinski definition) is 1. The van der Waals surface area contributed by atoms with Gasteiger partial charge in [0, 0.05) is 30.6 Å². The van der Waals surface area contributed by atoms with Gasteiger partial charge in [0.15, 0.2) is 16.7 Å². The molecule has 0 aliphatic carbocycles. The average molecular weight is 466 g/mol. The van der Waals surface area contributed by atoms with Gasteiger partial charge in [0.05, 0.1) is 45.3 Å². The smallest absolute Gasteiger partial charge is 0.201 e. The summed E-state index contributed by atoms with van der Waals surface area (Å²) in [5, 5.41) is 2.63. The Bertz CT molecular complexity index is 778. The lowest BCUT2D eigenvalue weighted by atomic mass is 10.1. The Morgan fingerprint density at radius 1 is 1.07 bits per heavy atom. The fraction of sp³-hybridized carbons (Fsp3) is 0.526. The van der Waals surface area contributed by atoms with E-state index in [1.54, 1.807) is 0 Å². The third-order valence-electron chi connectivity index (χ3n) is 4.21. The molecule has 0 radical (unpaired) electrons. The Balaban J connectivity index is 0.00000320. The Hall–Kier alpha value is -1.56. The van der Waals surface area contributed by atoms with Crippen LogP contribution in [0.2, 0.25) is 0 Å². The Morgan fingerprint density at radius 2 is 1.77 bits per heavy atom. The molecule has 0 amide bonds. The van der Waals surface area contributed by atoms with Crippen LogP contribution in [-0.4, -0.2) is 70.9 Å². The van der Waals surface area contributed by atoms with Crippen molar-refractivity contribution in [2.24, 2.45) is 5.73 Å². The van der Waals surface area contributed by atoms with Gasteiger partial charge in [-0.2, -0.15) is 4.39 Å². The molecular weight excluding hydrogens is 440 g/mol. The Morgan fingerprint density at radius 3 is 2.50 bits per heavy atom. The Labute approximate surface area is 184 Å². The van der Waals surface area contributed by atoms with Gasteiger partial charge in [0.1, 0.15) is 6.61 Å². The maximum Gasteiger partial charge on any atom is 0.201 e. The largest absolute Gasteiger partial charge is 0.487 e. The van der Waals surface area contributed by atoms with Crippen LogP contribution in [0.4, 0.5) is 13.9 Å². The van der Waals surface area contributed by atoms with Gasteiger partial charge in [0.2, 0.25) is 5.82 Å². The van der Waals surface area contributed by atoms with E-state index in [1.807, 2.05) is 5.38 Å². The van der Waals surface area contributed by atoms with E-state index in [0.29, 0.717) is 50.8 Å². The Kier molecular flexibility index (Phi) is 10.7. The van der Waals surface area contributed by atoms with E-state index in [1.165, 1.54) is 17.4 Å². The number of rotatable bonds is 11. The second-order valence-electron chi connectivity index (χ2n) is 6.21. The molecule has 7 nitrogen and oxygen atoms in total. The summed E-state index contributed by atoms with van der Waals surface area (Å²) in [5.74, 6) is -2.16. The number of ether oxygens (including phenoxy) is 4. The van der Waals surface area contributed by atoms with Crippen LogP contribution in [0.3, 0.4) is 0 Å². The number of nitrogens with two attached hydrogens (primary N) is 1. The van der Waals surface area contributed by atoms with Crippen LogP contribution >= 0.6 is 23.7 Å². The van der Waals surface area contributed by atoms with E-state index in [4.69, 9.17) is 24.7 Å². The van der Waals surface area contributed by atoms with Gasteiger partial charge in [-0.3, -0.25) is 0 Å². The molecule has 1 aromatic heterocycles. The lowest BCUT2D eigenvalue weighted by Crippen LogP contribution is -2.36. The number of hydrogen-bond acceptors (Lipinski definition) is 8. The SMILES string of the molecule is Cl.NCCOCCOCCOc1c(-c2csc(N3CCOCC3)n2)ccc(F)c1F. The first-order chi connectivity index (χ1) is 14.2. The first-order valence-corrected chi connectivity index (χ1v) is 10.3. The second kappa shape index (κ2) is 13.0. The van der Waals surface area contributed by atoms with Gasteiger partial charge >= 0.3 is 0 Å². The van der Waals surface area contributed by atoms with Crippen molar-refractivity contribution in [3.63, 3.8) is 0 Å². The highest BCUT2D eigenvalue weighted by Gasteiger charge is 2.20. The minimum Gasteiger partial charge on any atom is -0.487 e. The molecule has 2 N–H and O–H groups in total. The summed E-state index contributed by atoms with van der Waals surface area (Å²) < 4.78 is 49.6. The van der Waals surface area contributed by atoms with E-state index in [9.17, 15) is 8.78 Å². The quantitative estimate of drug-likeness (QED) is 0.511. The van der Waals surface area contributed by atoms with Gasteiger partial charge in [0.25, 0.3) is 0 Å². The van der Waals surface area contributed by atoms with Crippen molar-refractivity contribution in [1.82, 2.24) is 4.98 Å². The molecule has 3 rings (SSSR count). The summed E-state index contributed by atoms with van der Waals surface area (Å²) in [4.78, 5) is 6.69. The number of halogens is 3. The summed E-state index contributed by atoms with van der Waals surface area (Å²) >= 11 is 1.45. The van der Waals surface area contributed by atoms with E-state index < -0.39 is 11.6 Å². The lowest BCUT2D eigenvalue weighted by molar-refractivity contribution is 0.0383. The van der Waals surface area contributed by atoms with E-state index in [2.05, 4.69) is 9.88 Å². The van der Waals surface area contributed by atoms with Crippen LogP contribution in [-0.2, 0) is 14.2 Å². The fourth-order valence-electron chi connectivity index (χ4n) is 2.77. The molecule has 2 heterocycles. The molecule has 1 aliphatic heterocycles. The molecule has 1 aromatic carbocycles. The van der Waals surface area contributed by atoms with Gasteiger partial charge in [-0.15, -0.1) is 23.7 Å². The molecule has 168 valence electrons. The highest BCUT2D eigenvalue weighted by atomic mass is 35.5. The van der Waals surface area contributed by atoms with Gasteiger partial charge in [-0.1, -0.05) is 0 Å². The van der Waals surface area contributed by atoms with Crippen LogP contribution < -0.4 is 15.4 Å². The molecule has 1 saturated heterocycles. The number of thiazole rings is 1. The minimum absolute atomic E-state index is 0. The third-order valence-corrected chi connectivity index (χ3v) is 5.11. The average Bonchev–Trinajstić information content (AvgIpc) is 3.23. The van der Waals surface area contributed by atoms with Crippen molar-refractivity contribution in [3.05, 3.63) is 29.1 Å². The molecule has 2 aromatic rings.